The number of para-hydroxylation sites is 1. The van der Waals surface area contributed by atoms with Crippen LogP contribution < -0.4 is 5.32 Å². The van der Waals surface area contributed by atoms with Crippen molar-refractivity contribution in [3.8, 4) is 5.69 Å². The molecule has 2 aromatic rings. The standard InChI is InChI=1S/C12H13N3.ClH/c1-2-4-11(5-3-1)15-9-10-8-13-7-6-12(10)14-15;/h1-5,9,13H,6-8H2;1H. The Morgan fingerprint density at radius 1 is 1.19 bits per heavy atom. The zero-order valence-corrected chi connectivity index (χ0v) is 9.70. The Kier molecular flexibility index (Phi) is 3.27. The Morgan fingerprint density at radius 2 is 2.00 bits per heavy atom. The normalized spacial score (nSPS) is 14.0. The van der Waals surface area contributed by atoms with Gasteiger partial charge in [0.2, 0.25) is 0 Å². The fraction of sp³-hybridized carbons (Fsp3) is 0.250. The third kappa shape index (κ3) is 1.96. The summed E-state index contributed by atoms with van der Waals surface area (Å²) in [5.74, 6) is 0. The molecule has 0 saturated heterocycles. The smallest absolute Gasteiger partial charge is 0.0686 e. The first kappa shape index (κ1) is 11.2. The number of nitrogens with one attached hydrogen (secondary N) is 1. The molecule has 0 radical (unpaired) electrons. The summed E-state index contributed by atoms with van der Waals surface area (Å²) in [5.41, 5.74) is 3.69. The highest BCUT2D eigenvalue weighted by atomic mass is 35.5. The average molecular weight is 236 g/mol. The van der Waals surface area contributed by atoms with E-state index in [1.165, 1.54) is 11.3 Å². The SMILES string of the molecule is Cl.c1ccc(-n2cc3c(n2)CCNC3)cc1. The molecule has 2 heterocycles. The van der Waals surface area contributed by atoms with Gasteiger partial charge in [-0.25, -0.2) is 4.68 Å². The van der Waals surface area contributed by atoms with Crippen LogP contribution in [0.2, 0.25) is 0 Å². The lowest BCUT2D eigenvalue weighted by Gasteiger charge is -2.09. The molecule has 3 nitrogen and oxygen atoms in total. The van der Waals surface area contributed by atoms with Crippen LogP contribution in [0.15, 0.2) is 36.5 Å². The van der Waals surface area contributed by atoms with Gasteiger partial charge in [0, 0.05) is 31.3 Å². The van der Waals surface area contributed by atoms with Gasteiger partial charge in [-0.2, -0.15) is 5.10 Å². The number of fused-ring (bicyclic) bond motifs is 1. The van der Waals surface area contributed by atoms with Gasteiger partial charge in [-0.05, 0) is 12.1 Å². The summed E-state index contributed by atoms with van der Waals surface area (Å²) < 4.78 is 1.97. The number of aromatic nitrogens is 2. The number of nitrogens with zero attached hydrogens (tertiary/aromatic N) is 2. The number of hydrogen-bond donors (Lipinski definition) is 1. The van der Waals surface area contributed by atoms with E-state index in [4.69, 9.17) is 0 Å². The predicted molar refractivity (Wildman–Crippen MR) is 66.2 cm³/mol. The van der Waals surface area contributed by atoms with Gasteiger partial charge in [0.1, 0.15) is 0 Å². The van der Waals surface area contributed by atoms with E-state index in [0.717, 1.165) is 25.2 Å². The predicted octanol–water partition coefficient (Wildman–Crippen LogP) is 1.94. The van der Waals surface area contributed by atoms with Gasteiger partial charge in [0.05, 0.1) is 11.4 Å². The van der Waals surface area contributed by atoms with Crippen LogP contribution in [0.5, 0.6) is 0 Å². The maximum Gasteiger partial charge on any atom is 0.0686 e. The Bertz CT molecular complexity index is 441. The second kappa shape index (κ2) is 4.68. The van der Waals surface area contributed by atoms with E-state index in [-0.39, 0.29) is 12.4 Å². The fourth-order valence-corrected chi connectivity index (χ4v) is 1.95. The Hall–Kier alpha value is -1.32. The molecule has 0 saturated carbocycles. The van der Waals surface area contributed by atoms with Gasteiger partial charge in [-0.1, -0.05) is 18.2 Å². The Balaban J connectivity index is 0.000000963. The quantitative estimate of drug-likeness (QED) is 0.819. The molecule has 0 bridgehead atoms. The Labute approximate surface area is 101 Å². The number of benzene rings is 1. The lowest BCUT2D eigenvalue weighted by atomic mass is 10.1. The molecule has 0 aliphatic carbocycles. The Morgan fingerprint density at radius 3 is 2.75 bits per heavy atom. The summed E-state index contributed by atoms with van der Waals surface area (Å²) in [5, 5.41) is 7.95. The van der Waals surface area contributed by atoms with Gasteiger partial charge in [0.25, 0.3) is 0 Å². The fourth-order valence-electron chi connectivity index (χ4n) is 1.95. The minimum absolute atomic E-state index is 0. The van der Waals surface area contributed by atoms with Crippen molar-refractivity contribution in [3.05, 3.63) is 47.8 Å². The van der Waals surface area contributed by atoms with E-state index < -0.39 is 0 Å². The van der Waals surface area contributed by atoms with Gasteiger partial charge >= 0.3 is 0 Å². The van der Waals surface area contributed by atoms with E-state index in [9.17, 15) is 0 Å². The zero-order chi connectivity index (χ0) is 10.1. The third-order valence-corrected chi connectivity index (χ3v) is 2.75. The molecule has 16 heavy (non-hydrogen) atoms. The van der Waals surface area contributed by atoms with Crippen LogP contribution in [0.3, 0.4) is 0 Å². The second-order valence-electron chi connectivity index (χ2n) is 3.81. The molecule has 1 N–H and O–H groups in total. The van der Waals surface area contributed by atoms with E-state index in [1.807, 2.05) is 22.9 Å². The maximum atomic E-state index is 4.60. The molecule has 1 aromatic heterocycles. The van der Waals surface area contributed by atoms with Crippen molar-refractivity contribution in [3.63, 3.8) is 0 Å². The number of halogens is 1. The molecule has 3 rings (SSSR count). The van der Waals surface area contributed by atoms with E-state index >= 15 is 0 Å². The summed E-state index contributed by atoms with van der Waals surface area (Å²) in [6, 6.07) is 10.2. The zero-order valence-electron chi connectivity index (χ0n) is 8.89. The first-order valence-electron chi connectivity index (χ1n) is 5.27. The van der Waals surface area contributed by atoms with Crippen molar-refractivity contribution in [1.82, 2.24) is 15.1 Å². The van der Waals surface area contributed by atoms with Crippen molar-refractivity contribution in [2.24, 2.45) is 0 Å². The van der Waals surface area contributed by atoms with Crippen molar-refractivity contribution in [2.45, 2.75) is 13.0 Å². The topological polar surface area (TPSA) is 29.9 Å². The summed E-state index contributed by atoms with van der Waals surface area (Å²) in [6.07, 6.45) is 3.16. The number of rotatable bonds is 1. The lowest BCUT2D eigenvalue weighted by Crippen LogP contribution is -2.22. The molecular weight excluding hydrogens is 222 g/mol. The summed E-state index contributed by atoms with van der Waals surface area (Å²) in [7, 11) is 0. The van der Waals surface area contributed by atoms with Crippen LogP contribution in [-0.4, -0.2) is 16.3 Å². The monoisotopic (exact) mass is 235 g/mol. The molecule has 84 valence electrons. The number of hydrogen-bond acceptors (Lipinski definition) is 2. The summed E-state index contributed by atoms with van der Waals surface area (Å²) >= 11 is 0. The molecule has 0 unspecified atom stereocenters. The van der Waals surface area contributed by atoms with Crippen LogP contribution in [0, 0.1) is 0 Å². The molecule has 0 amide bonds. The molecule has 4 heteroatoms. The minimum Gasteiger partial charge on any atom is -0.312 e. The van der Waals surface area contributed by atoms with Crippen LogP contribution in [-0.2, 0) is 13.0 Å². The van der Waals surface area contributed by atoms with Crippen molar-refractivity contribution in [2.75, 3.05) is 6.54 Å². The minimum atomic E-state index is 0. The van der Waals surface area contributed by atoms with Crippen LogP contribution in [0.4, 0.5) is 0 Å². The first-order chi connectivity index (χ1) is 7.43. The second-order valence-corrected chi connectivity index (χ2v) is 3.81. The highest BCUT2D eigenvalue weighted by Crippen LogP contribution is 2.14. The van der Waals surface area contributed by atoms with Crippen LogP contribution in [0.25, 0.3) is 5.69 Å². The van der Waals surface area contributed by atoms with Crippen molar-refractivity contribution in [1.29, 1.82) is 0 Å². The van der Waals surface area contributed by atoms with Crippen molar-refractivity contribution < 1.29 is 0 Å². The summed E-state index contributed by atoms with van der Waals surface area (Å²) in [4.78, 5) is 0. The van der Waals surface area contributed by atoms with E-state index in [0.29, 0.717) is 0 Å². The lowest BCUT2D eigenvalue weighted by molar-refractivity contribution is 0.635. The van der Waals surface area contributed by atoms with E-state index in [2.05, 4.69) is 28.7 Å². The third-order valence-electron chi connectivity index (χ3n) is 2.75. The van der Waals surface area contributed by atoms with Gasteiger partial charge in [0.15, 0.2) is 0 Å². The van der Waals surface area contributed by atoms with Gasteiger partial charge in [-0.3, -0.25) is 0 Å². The summed E-state index contributed by atoms with van der Waals surface area (Å²) in [6.45, 7) is 1.99. The molecular formula is C12H14ClN3. The molecule has 1 aromatic carbocycles. The maximum absolute atomic E-state index is 4.60. The van der Waals surface area contributed by atoms with E-state index in [1.54, 1.807) is 0 Å². The highest BCUT2D eigenvalue weighted by Gasteiger charge is 2.12. The molecule has 1 aliphatic rings. The van der Waals surface area contributed by atoms with Crippen LogP contribution >= 0.6 is 12.4 Å². The average Bonchev–Trinajstić information content (AvgIpc) is 2.74. The van der Waals surface area contributed by atoms with Crippen LogP contribution in [0.1, 0.15) is 11.3 Å². The van der Waals surface area contributed by atoms with Gasteiger partial charge < -0.3 is 5.32 Å². The molecule has 0 atom stereocenters. The molecule has 0 spiro atoms. The largest absolute Gasteiger partial charge is 0.312 e. The molecule has 1 aliphatic heterocycles. The molecule has 0 fully saturated rings. The highest BCUT2D eigenvalue weighted by molar-refractivity contribution is 5.85. The van der Waals surface area contributed by atoms with Crippen molar-refractivity contribution >= 4 is 12.4 Å². The first-order valence-corrected chi connectivity index (χ1v) is 5.27. The van der Waals surface area contributed by atoms with Gasteiger partial charge in [-0.15, -0.1) is 12.4 Å².